The highest BCUT2D eigenvalue weighted by Crippen LogP contribution is 1.97. The van der Waals surface area contributed by atoms with Crippen molar-refractivity contribution < 1.29 is 4.79 Å². The van der Waals surface area contributed by atoms with E-state index in [0.717, 1.165) is 19.3 Å². The van der Waals surface area contributed by atoms with Crippen molar-refractivity contribution >= 4 is 5.78 Å². The molecule has 68 valence electrons. The molecule has 11 heavy (non-hydrogen) atoms. The third-order valence-corrected chi connectivity index (χ3v) is 1.39. The summed E-state index contributed by atoms with van der Waals surface area (Å²) < 4.78 is 0. The SMILES string of the molecule is CC.CCCCC(N)C(C)=O. The molecule has 0 fully saturated rings. The van der Waals surface area contributed by atoms with Crippen LogP contribution in [0.3, 0.4) is 0 Å². The van der Waals surface area contributed by atoms with Gasteiger partial charge in [0.05, 0.1) is 6.04 Å². The van der Waals surface area contributed by atoms with Crippen molar-refractivity contribution in [3.63, 3.8) is 0 Å². The second-order valence-electron chi connectivity index (χ2n) is 2.36. The van der Waals surface area contributed by atoms with E-state index in [1.807, 2.05) is 13.8 Å². The molecule has 0 aliphatic heterocycles. The van der Waals surface area contributed by atoms with E-state index < -0.39 is 0 Å². The monoisotopic (exact) mass is 159 g/mol. The summed E-state index contributed by atoms with van der Waals surface area (Å²) in [5.74, 6) is 0.100. The topological polar surface area (TPSA) is 43.1 Å². The molecule has 0 saturated carbocycles. The average Bonchev–Trinajstić information content (AvgIpc) is 2.03. The molecule has 2 nitrogen and oxygen atoms in total. The van der Waals surface area contributed by atoms with Crippen LogP contribution in [0.25, 0.3) is 0 Å². The molecule has 0 rings (SSSR count). The molecule has 0 aliphatic carbocycles. The maximum Gasteiger partial charge on any atom is 0.146 e. The number of ketones is 1. The Morgan fingerprint density at radius 2 is 1.91 bits per heavy atom. The predicted molar refractivity (Wildman–Crippen MR) is 49.5 cm³/mol. The van der Waals surface area contributed by atoms with Gasteiger partial charge >= 0.3 is 0 Å². The number of Topliss-reactive ketones (excluding diaryl/α,β-unsaturated/α-hetero) is 1. The molecule has 0 spiro atoms. The zero-order valence-corrected chi connectivity index (χ0v) is 8.18. The molecule has 2 N–H and O–H groups in total. The van der Waals surface area contributed by atoms with Crippen molar-refractivity contribution in [3.05, 3.63) is 0 Å². The number of carbonyl (C=O) groups is 1. The number of carbonyl (C=O) groups excluding carboxylic acids is 1. The van der Waals surface area contributed by atoms with Gasteiger partial charge in [0.1, 0.15) is 5.78 Å². The molecular weight excluding hydrogens is 138 g/mol. The summed E-state index contributed by atoms with van der Waals surface area (Å²) in [5.41, 5.74) is 5.45. The summed E-state index contributed by atoms with van der Waals surface area (Å²) in [5, 5.41) is 0. The molecular formula is C9H21NO. The van der Waals surface area contributed by atoms with E-state index in [4.69, 9.17) is 5.73 Å². The van der Waals surface area contributed by atoms with Crippen molar-refractivity contribution in [2.75, 3.05) is 0 Å². The summed E-state index contributed by atoms with van der Waals surface area (Å²) in [4.78, 5) is 10.5. The minimum absolute atomic E-state index is 0.100. The summed E-state index contributed by atoms with van der Waals surface area (Å²) in [6.07, 6.45) is 3.01. The van der Waals surface area contributed by atoms with E-state index >= 15 is 0 Å². The highest BCUT2D eigenvalue weighted by molar-refractivity contribution is 5.80. The van der Waals surface area contributed by atoms with Crippen molar-refractivity contribution in [2.24, 2.45) is 5.73 Å². The van der Waals surface area contributed by atoms with Crippen LogP contribution in [0.4, 0.5) is 0 Å². The van der Waals surface area contributed by atoms with E-state index in [1.165, 1.54) is 0 Å². The Hall–Kier alpha value is -0.370. The van der Waals surface area contributed by atoms with Gasteiger partial charge in [0.25, 0.3) is 0 Å². The normalized spacial score (nSPS) is 11.4. The van der Waals surface area contributed by atoms with Crippen LogP contribution in [0.2, 0.25) is 0 Å². The van der Waals surface area contributed by atoms with E-state index in [0.29, 0.717) is 0 Å². The summed E-state index contributed by atoms with van der Waals surface area (Å²) in [7, 11) is 0. The Morgan fingerprint density at radius 1 is 1.45 bits per heavy atom. The molecule has 0 aliphatic rings. The largest absolute Gasteiger partial charge is 0.322 e. The zero-order valence-electron chi connectivity index (χ0n) is 8.18. The third-order valence-electron chi connectivity index (χ3n) is 1.39. The van der Waals surface area contributed by atoms with E-state index in [1.54, 1.807) is 6.92 Å². The first-order valence-electron chi connectivity index (χ1n) is 4.44. The second-order valence-corrected chi connectivity index (χ2v) is 2.36. The first-order chi connectivity index (χ1) is 5.18. The smallest absolute Gasteiger partial charge is 0.146 e. The first kappa shape index (κ1) is 13.2. The van der Waals surface area contributed by atoms with Crippen LogP contribution in [0.5, 0.6) is 0 Å². The summed E-state index contributed by atoms with van der Waals surface area (Å²) >= 11 is 0. The van der Waals surface area contributed by atoms with Crippen molar-refractivity contribution in [1.29, 1.82) is 0 Å². The maximum atomic E-state index is 10.5. The first-order valence-corrected chi connectivity index (χ1v) is 4.44. The fourth-order valence-electron chi connectivity index (χ4n) is 0.627. The van der Waals surface area contributed by atoms with Gasteiger partial charge < -0.3 is 5.73 Å². The highest BCUT2D eigenvalue weighted by atomic mass is 16.1. The molecule has 0 saturated heterocycles. The van der Waals surface area contributed by atoms with E-state index in [2.05, 4.69) is 6.92 Å². The van der Waals surface area contributed by atoms with Crippen LogP contribution in [0, 0.1) is 0 Å². The van der Waals surface area contributed by atoms with Crippen molar-refractivity contribution in [2.45, 2.75) is 53.0 Å². The van der Waals surface area contributed by atoms with Crippen LogP contribution in [0.1, 0.15) is 47.0 Å². The lowest BCUT2D eigenvalue weighted by Gasteiger charge is -2.04. The average molecular weight is 159 g/mol. The minimum Gasteiger partial charge on any atom is -0.322 e. The lowest BCUT2D eigenvalue weighted by Crippen LogP contribution is -2.27. The molecule has 1 unspecified atom stereocenters. The van der Waals surface area contributed by atoms with Crippen LogP contribution in [-0.4, -0.2) is 11.8 Å². The Morgan fingerprint density at radius 3 is 2.18 bits per heavy atom. The summed E-state index contributed by atoms with van der Waals surface area (Å²) in [6, 6.07) is -0.218. The predicted octanol–water partition coefficient (Wildman–Crippen LogP) is 2.12. The van der Waals surface area contributed by atoms with Gasteiger partial charge in [-0.05, 0) is 13.3 Å². The highest BCUT2D eigenvalue weighted by Gasteiger charge is 2.05. The quantitative estimate of drug-likeness (QED) is 0.682. The van der Waals surface area contributed by atoms with Gasteiger partial charge in [0.15, 0.2) is 0 Å². The number of hydrogen-bond acceptors (Lipinski definition) is 2. The van der Waals surface area contributed by atoms with Gasteiger partial charge in [-0.3, -0.25) is 4.79 Å². The second kappa shape index (κ2) is 9.63. The van der Waals surface area contributed by atoms with E-state index in [9.17, 15) is 4.79 Å². The van der Waals surface area contributed by atoms with Crippen LogP contribution in [-0.2, 0) is 4.79 Å². The molecule has 2 heteroatoms. The van der Waals surface area contributed by atoms with Crippen LogP contribution in [0.15, 0.2) is 0 Å². The van der Waals surface area contributed by atoms with E-state index in [-0.39, 0.29) is 11.8 Å². The fourth-order valence-corrected chi connectivity index (χ4v) is 0.627. The number of unbranched alkanes of at least 4 members (excludes halogenated alkanes) is 1. The van der Waals surface area contributed by atoms with Gasteiger partial charge in [0.2, 0.25) is 0 Å². The fraction of sp³-hybridized carbons (Fsp3) is 0.889. The lowest BCUT2D eigenvalue weighted by atomic mass is 10.1. The third kappa shape index (κ3) is 9.63. The lowest BCUT2D eigenvalue weighted by molar-refractivity contribution is -0.118. The van der Waals surface area contributed by atoms with Crippen molar-refractivity contribution in [3.8, 4) is 0 Å². The zero-order chi connectivity index (χ0) is 9.28. The molecule has 0 aromatic heterocycles. The molecule has 0 radical (unpaired) electrons. The van der Waals surface area contributed by atoms with Crippen LogP contribution >= 0.6 is 0 Å². The molecule has 0 amide bonds. The van der Waals surface area contributed by atoms with Gasteiger partial charge in [-0.25, -0.2) is 0 Å². The number of hydrogen-bond donors (Lipinski definition) is 1. The Bertz CT molecular complexity index is 91.6. The molecule has 0 aromatic carbocycles. The van der Waals surface area contributed by atoms with Gasteiger partial charge in [-0.2, -0.15) is 0 Å². The molecule has 1 atom stereocenters. The maximum absolute atomic E-state index is 10.5. The van der Waals surface area contributed by atoms with Crippen LogP contribution < -0.4 is 5.73 Å². The Kier molecular flexibility index (Phi) is 11.6. The molecule has 0 aromatic rings. The summed E-state index contributed by atoms with van der Waals surface area (Å²) in [6.45, 7) is 7.63. The standard InChI is InChI=1S/C7H15NO.C2H6/c1-3-4-5-7(8)6(2)9;1-2/h7H,3-5,8H2,1-2H3;1-2H3. The van der Waals surface area contributed by atoms with Gasteiger partial charge in [-0.15, -0.1) is 0 Å². The molecule has 0 heterocycles. The molecule has 0 bridgehead atoms. The Labute approximate surface area is 70.2 Å². The Balaban J connectivity index is 0. The van der Waals surface area contributed by atoms with Gasteiger partial charge in [0, 0.05) is 0 Å². The minimum atomic E-state index is -0.218. The van der Waals surface area contributed by atoms with Gasteiger partial charge in [-0.1, -0.05) is 33.6 Å². The number of rotatable bonds is 4. The number of nitrogens with two attached hydrogens (primary N) is 1. The van der Waals surface area contributed by atoms with Crippen molar-refractivity contribution in [1.82, 2.24) is 0 Å².